The van der Waals surface area contributed by atoms with Crippen molar-refractivity contribution >= 4 is 11.6 Å². The number of aromatic nitrogens is 1. The molecule has 134 valence electrons. The number of nitrogens with zero attached hydrogens (tertiary/aromatic N) is 1. The highest BCUT2D eigenvalue weighted by Crippen LogP contribution is 2.28. The lowest BCUT2D eigenvalue weighted by Gasteiger charge is -2.11. The first-order valence-electron chi connectivity index (χ1n) is 6.68. The molecule has 1 aromatic heterocycles. The maximum Gasteiger partial charge on any atom is 0.573 e. The van der Waals surface area contributed by atoms with E-state index < -0.39 is 29.9 Å². The molecule has 0 radical (unpaired) electrons. The van der Waals surface area contributed by atoms with Crippen LogP contribution in [0, 0.1) is 6.92 Å². The number of hydrogen-bond acceptors (Lipinski definition) is 3. The number of pyridine rings is 1. The summed E-state index contributed by atoms with van der Waals surface area (Å²) in [6.45, 7) is 1.24. The van der Waals surface area contributed by atoms with Gasteiger partial charge in [0, 0.05) is 5.69 Å². The number of benzene rings is 1. The molecule has 1 N–H and O–H groups in total. The largest absolute Gasteiger partial charge is 0.573 e. The lowest BCUT2D eigenvalue weighted by Crippen LogP contribution is -2.18. The summed E-state index contributed by atoms with van der Waals surface area (Å²) >= 11 is 0. The van der Waals surface area contributed by atoms with E-state index in [2.05, 4.69) is 15.0 Å². The molecule has 0 bridgehead atoms. The third-order valence-electron chi connectivity index (χ3n) is 2.97. The van der Waals surface area contributed by atoms with Crippen molar-refractivity contribution in [1.82, 2.24) is 4.98 Å². The van der Waals surface area contributed by atoms with Gasteiger partial charge < -0.3 is 10.1 Å². The van der Waals surface area contributed by atoms with Crippen molar-refractivity contribution in [2.75, 3.05) is 5.32 Å². The number of hydrogen-bond donors (Lipinski definition) is 1. The molecule has 25 heavy (non-hydrogen) atoms. The molecule has 1 aromatic carbocycles. The molecule has 0 fully saturated rings. The van der Waals surface area contributed by atoms with Crippen LogP contribution in [-0.4, -0.2) is 17.3 Å². The lowest BCUT2D eigenvalue weighted by atomic mass is 10.1. The van der Waals surface area contributed by atoms with Crippen LogP contribution in [0.15, 0.2) is 36.4 Å². The molecular formula is C15H10F6N2O2. The number of carbonyl (C=O) groups excluding carboxylic acids is 1. The van der Waals surface area contributed by atoms with Gasteiger partial charge in [0.1, 0.15) is 11.4 Å². The second-order valence-electron chi connectivity index (χ2n) is 4.85. The number of nitrogens with one attached hydrogen (secondary N) is 1. The van der Waals surface area contributed by atoms with E-state index in [1.807, 2.05) is 0 Å². The molecule has 0 spiro atoms. The van der Waals surface area contributed by atoms with Crippen LogP contribution in [0.25, 0.3) is 0 Å². The van der Waals surface area contributed by atoms with Gasteiger partial charge in [-0.05, 0) is 43.3 Å². The van der Waals surface area contributed by atoms with Gasteiger partial charge in [0.15, 0.2) is 0 Å². The minimum atomic E-state index is -4.84. The minimum absolute atomic E-state index is 0.0939. The molecule has 2 aromatic rings. The average molecular weight is 364 g/mol. The van der Waals surface area contributed by atoms with E-state index in [-0.39, 0.29) is 16.9 Å². The molecule has 0 aliphatic carbocycles. The molecular weight excluding hydrogens is 354 g/mol. The van der Waals surface area contributed by atoms with Crippen LogP contribution in [0.2, 0.25) is 0 Å². The summed E-state index contributed by atoms with van der Waals surface area (Å²) in [5.74, 6) is -1.22. The highest BCUT2D eigenvalue weighted by molar-refractivity contribution is 6.05. The molecule has 0 unspecified atom stereocenters. The predicted octanol–water partition coefficient (Wildman–Crippen LogP) is 4.56. The molecule has 0 saturated carbocycles. The molecule has 0 aliphatic heterocycles. The minimum Gasteiger partial charge on any atom is -0.406 e. The monoisotopic (exact) mass is 364 g/mol. The van der Waals surface area contributed by atoms with E-state index in [9.17, 15) is 31.1 Å². The summed E-state index contributed by atoms with van der Waals surface area (Å²) in [5, 5.41) is 2.35. The van der Waals surface area contributed by atoms with Gasteiger partial charge in [0.05, 0.1) is 11.3 Å². The summed E-state index contributed by atoms with van der Waals surface area (Å²) in [7, 11) is 0. The van der Waals surface area contributed by atoms with Gasteiger partial charge in [-0.3, -0.25) is 4.79 Å². The number of anilines is 1. The third-order valence-corrected chi connectivity index (χ3v) is 2.97. The second-order valence-corrected chi connectivity index (χ2v) is 4.85. The van der Waals surface area contributed by atoms with Crippen molar-refractivity contribution in [3.05, 3.63) is 53.3 Å². The first kappa shape index (κ1) is 18.6. The van der Waals surface area contributed by atoms with Gasteiger partial charge >= 0.3 is 12.5 Å². The lowest BCUT2D eigenvalue weighted by molar-refractivity contribution is -0.274. The number of rotatable bonds is 3. The summed E-state index contributed by atoms with van der Waals surface area (Å²) in [4.78, 5) is 15.4. The Labute approximate surface area is 137 Å². The van der Waals surface area contributed by atoms with Crippen molar-refractivity contribution in [3.8, 4) is 5.75 Å². The molecule has 0 saturated heterocycles. The highest BCUT2D eigenvalue weighted by Gasteiger charge is 2.33. The van der Waals surface area contributed by atoms with Gasteiger partial charge in [0.2, 0.25) is 0 Å². The fourth-order valence-electron chi connectivity index (χ4n) is 1.90. The molecule has 10 heteroatoms. The third kappa shape index (κ3) is 5.10. The Kier molecular flexibility index (Phi) is 4.91. The number of amides is 1. The van der Waals surface area contributed by atoms with Crippen LogP contribution in [0.5, 0.6) is 5.75 Å². The van der Waals surface area contributed by atoms with Crippen molar-refractivity contribution < 1.29 is 35.9 Å². The first-order chi connectivity index (χ1) is 11.5. The zero-order chi connectivity index (χ0) is 18.8. The van der Waals surface area contributed by atoms with Crippen LogP contribution in [0.3, 0.4) is 0 Å². The number of carbonyl (C=O) groups is 1. The van der Waals surface area contributed by atoms with Crippen LogP contribution in [0.1, 0.15) is 21.7 Å². The molecule has 0 atom stereocenters. The fraction of sp³-hybridized carbons (Fsp3) is 0.200. The molecule has 1 heterocycles. The van der Waals surface area contributed by atoms with Crippen molar-refractivity contribution in [3.63, 3.8) is 0 Å². The van der Waals surface area contributed by atoms with E-state index >= 15 is 0 Å². The smallest absolute Gasteiger partial charge is 0.406 e. The van der Waals surface area contributed by atoms with E-state index in [0.29, 0.717) is 6.07 Å². The van der Waals surface area contributed by atoms with Gasteiger partial charge in [-0.25, -0.2) is 4.98 Å². The second kappa shape index (κ2) is 6.61. The van der Waals surface area contributed by atoms with Crippen molar-refractivity contribution in [2.24, 2.45) is 0 Å². The Morgan fingerprint density at radius 1 is 1.00 bits per heavy atom. The Morgan fingerprint density at radius 2 is 1.60 bits per heavy atom. The number of ether oxygens (including phenoxy) is 1. The number of halogens is 6. The molecule has 0 aliphatic rings. The summed E-state index contributed by atoms with van der Waals surface area (Å²) in [6, 6.07) is 5.93. The summed E-state index contributed by atoms with van der Waals surface area (Å²) in [6.07, 6.45) is -9.47. The predicted molar refractivity (Wildman–Crippen MR) is 75.1 cm³/mol. The Bertz CT molecular complexity index is 769. The zero-order valence-corrected chi connectivity index (χ0v) is 12.5. The van der Waals surface area contributed by atoms with Crippen molar-refractivity contribution in [1.29, 1.82) is 0 Å². The number of alkyl halides is 6. The summed E-state index contributed by atoms with van der Waals surface area (Å²) in [5.41, 5.74) is -1.22. The quantitative estimate of drug-likeness (QED) is 0.813. The molecule has 4 nitrogen and oxygen atoms in total. The Balaban J connectivity index is 2.12. The van der Waals surface area contributed by atoms with Crippen molar-refractivity contribution in [2.45, 2.75) is 19.5 Å². The normalized spacial score (nSPS) is 12.0. The maximum absolute atomic E-state index is 12.5. The van der Waals surface area contributed by atoms with Crippen LogP contribution in [-0.2, 0) is 6.18 Å². The highest BCUT2D eigenvalue weighted by atomic mass is 19.4. The van der Waals surface area contributed by atoms with Gasteiger partial charge in [-0.2, -0.15) is 13.2 Å². The molecule has 2 rings (SSSR count). The first-order valence-corrected chi connectivity index (χ1v) is 6.68. The van der Waals surface area contributed by atoms with Crippen LogP contribution < -0.4 is 10.1 Å². The van der Waals surface area contributed by atoms with Crippen LogP contribution >= 0.6 is 0 Å². The van der Waals surface area contributed by atoms with E-state index in [1.165, 1.54) is 6.92 Å². The van der Waals surface area contributed by atoms with E-state index in [4.69, 9.17) is 0 Å². The number of aryl methyl sites for hydroxylation is 1. The molecule has 1 amide bonds. The van der Waals surface area contributed by atoms with Crippen LogP contribution in [0.4, 0.5) is 32.0 Å². The van der Waals surface area contributed by atoms with E-state index in [1.54, 1.807) is 0 Å². The Hall–Kier alpha value is -2.78. The standard InChI is InChI=1S/C15H10F6N2O2/c1-8-11(6-7-12(22-8)14(16,17)18)13(24)23-9-2-4-10(5-3-9)25-15(19,20)21/h2-7H,1H3,(H,23,24). The Morgan fingerprint density at radius 3 is 2.08 bits per heavy atom. The topological polar surface area (TPSA) is 51.2 Å². The fourth-order valence-corrected chi connectivity index (χ4v) is 1.90. The van der Waals surface area contributed by atoms with Gasteiger partial charge in [-0.1, -0.05) is 0 Å². The zero-order valence-electron chi connectivity index (χ0n) is 12.5. The SMILES string of the molecule is Cc1nc(C(F)(F)F)ccc1C(=O)Nc1ccc(OC(F)(F)F)cc1. The van der Waals surface area contributed by atoms with Gasteiger partial charge in [0.25, 0.3) is 5.91 Å². The average Bonchev–Trinajstić information content (AvgIpc) is 2.46. The van der Waals surface area contributed by atoms with Gasteiger partial charge in [-0.15, -0.1) is 13.2 Å². The summed E-state index contributed by atoms with van der Waals surface area (Å²) < 4.78 is 77.5. The maximum atomic E-state index is 12.5. The van der Waals surface area contributed by atoms with E-state index in [0.717, 1.165) is 30.3 Å².